The number of hydrogen-bond donors (Lipinski definition) is 1. The average Bonchev–Trinajstić information content (AvgIpc) is 2.41. The summed E-state index contributed by atoms with van der Waals surface area (Å²) in [5.74, 6) is 0. The summed E-state index contributed by atoms with van der Waals surface area (Å²) in [6.45, 7) is 0. The predicted molar refractivity (Wildman–Crippen MR) is 80.4 cm³/mol. The van der Waals surface area contributed by atoms with Gasteiger partial charge in [-0.1, -0.05) is 29.3 Å². The van der Waals surface area contributed by atoms with E-state index in [1.54, 1.807) is 0 Å². The second kappa shape index (κ2) is 5.88. The van der Waals surface area contributed by atoms with Crippen molar-refractivity contribution in [2.75, 3.05) is 4.72 Å². The number of rotatable bonds is 4. The number of halogens is 2. The summed E-state index contributed by atoms with van der Waals surface area (Å²) < 4.78 is 26.7. The maximum absolute atomic E-state index is 12.2. The fraction of sp³-hybridized carbons (Fsp3) is 0. The van der Waals surface area contributed by atoms with Crippen LogP contribution in [0.2, 0.25) is 10.0 Å². The Morgan fingerprint density at radius 3 is 2.48 bits per heavy atom. The number of anilines is 1. The van der Waals surface area contributed by atoms with Crippen molar-refractivity contribution in [3.63, 3.8) is 0 Å². The van der Waals surface area contributed by atoms with E-state index in [4.69, 9.17) is 23.2 Å². The molecule has 0 radical (unpaired) electrons. The Morgan fingerprint density at radius 2 is 1.81 bits per heavy atom. The van der Waals surface area contributed by atoms with E-state index in [2.05, 4.69) is 4.72 Å². The molecule has 0 aliphatic carbocycles. The van der Waals surface area contributed by atoms with Crippen molar-refractivity contribution in [1.82, 2.24) is 0 Å². The topological polar surface area (TPSA) is 89.3 Å². The van der Waals surface area contributed by atoms with E-state index >= 15 is 0 Å². The SMILES string of the molecule is O=[N+]([O-])c1cccc(NS(=O)(=O)c2cc(Cl)ccc2Cl)c1. The Hall–Kier alpha value is -1.83. The molecule has 0 saturated carbocycles. The van der Waals surface area contributed by atoms with Gasteiger partial charge < -0.3 is 0 Å². The number of nitrogens with zero attached hydrogens (tertiary/aromatic N) is 1. The van der Waals surface area contributed by atoms with Crippen LogP contribution in [-0.4, -0.2) is 13.3 Å². The van der Waals surface area contributed by atoms with Crippen LogP contribution >= 0.6 is 23.2 Å². The van der Waals surface area contributed by atoms with Crippen molar-refractivity contribution < 1.29 is 13.3 Å². The van der Waals surface area contributed by atoms with Crippen molar-refractivity contribution >= 4 is 44.6 Å². The number of hydrogen-bond acceptors (Lipinski definition) is 4. The molecule has 2 rings (SSSR count). The van der Waals surface area contributed by atoms with E-state index < -0.39 is 14.9 Å². The molecule has 0 bridgehead atoms. The van der Waals surface area contributed by atoms with Crippen LogP contribution in [0.5, 0.6) is 0 Å². The van der Waals surface area contributed by atoms with E-state index in [-0.39, 0.29) is 26.3 Å². The molecule has 0 aliphatic heterocycles. The number of nitro benzene ring substituents is 1. The number of benzene rings is 2. The van der Waals surface area contributed by atoms with Gasteiger partial charge in [0.2, 0.25) is 0 Å². The Bertz CT molecular complexity index is 809. The van der Waals surface area contributed by atoms with E-state index in [0.717, 1.165) is 6.07 Å². The molecule has 2 aromatic rings. The van der Waals surface area contributed by atoms with E-state index in [1.165, 1.54) is 36.4 Å². The summed E-state index contributed by atoms with van der Waals surface area (Å²) in [4.78, 5) is 9.85. The van der Waals surface area contributed by atoms with Crippen LogP contribution in [0.3, 0.4) is 0 Å². The zero-order valence-corrected chi connectivity index (χ0v) is 12.6. The molecule has 0 aliphatic rings. The third kappa shape index (κ3) is 3.63. The molecule has 21 heavy (non-hydrogen) atoms. The van der Waals surface area contributed by atoms with Gasteiger partial charge in [0.05, 0.1) is 15.6 Å². The first-order valence-corrected chi connectivity index (χ1v) is 7.76. The molecular weight excluding hydrogens is 339 g/mol. The van der Waals surface area contributed by atoms with E-state index in [9.17, 15) is 18.5 Å². The highest BCUT2D eigenvalue weighted by Gasteiger charge is 2.19. The summed E-state index contributed by atoms with van der Waals surface area (Å²) in [6, 6.07) is 9.13. The normalized spacial score (nSPS) is 11.1. The molecule has 1 N–H and O–H groups in total. The van der Waals surface area contributed by atoms with Crippen molar-refractivity contribution in [1.29, 1.82) is 0 Å². The van der Waals surface area contributed by atoms with E-state index in [1.807, 2.05) is 0 Å². The molecule has 9 heteroatoms. The number of non-ortho nitro benzene ring substituents is 1. The fourth-order valence-electron chi connectivity index (χ4n) is 1.58. The van der Waals surface area contributed by atoms with Crippen molar-refractivity contribution in [3.05, 3.63) is 62.6 Å². The summed E-state index contributed by atoms with van der Waals surface area (Å²) in [7, 11) is -4.00. The van der Waals surface area contributed by atoms with Gasteiger partial charge in [-0.3, -0.25) is 14.8 Å². The highest BCUT2D eigenvalue weighted by molar-refractivity contribution is 7.92. The Morgan fingerprint density at radius 1 is 1.10 bits per heavy atom. The monoisotopic (exact) mass is 346 g/mol. The summed E-state index contributed by atoms with van der Waals surface area (Å²) in [5.41, 5.74) is -0.173. The minimum Gasteiger partial charge on any atom is -0.279 e. The van der Waals surface area contributed by atoms with Crippen LogP contribution in [0, 0.1) is 10.1 Å². The Balaban J connectivity index is 2.40. The van der Waals surface area contributed by atoms with Gasteiger partial charge in [-0.05, 0) is 24.3 Å². The van der Waals surface area contributed by atoms with Gasteiger partial charge in [0, 0.05) is 17.2 Å². The van der Waals surface area contributed by atoms with Crippen LogP contribution in [0.15, 0.2) is 47.4 Å². The Labute approximate surface area is 130 Å². The van der Waals surface area contributed by atoms with Gasteiger partial charge in [-0.2, -0.15) is 0 Å². The van der Waals surface area contributed by atoms with Gasteiger partial charge in [0.25, 0.3) is 15.7 Å². The lowest BCUT2D eigenvalue weighted by Crippen LogP contribution is -2.13. The largest absolute Gasteiger partial charge is 0.279 e. The lowest BCUT2D eigenvalue weighted by Gasteiger charge is -2.09. The lowest BCUT2D eigenvalue weighted by atomic mass is 10.3. The standard InChI is InChI=1S/C12H8Cl2N2O4S/c13-8-4-5-11(14)12(6-8)21(19,20)15-9-2-1-3-10(7-9)16(17)18/h1-7,15H. The molecular formula is C12H8Cl2N2O4S. The zero-order chi connectivity index (χ0) is 15.6. The molecule has 0 amide bonds. The van der Waals surface area contributed by atoms with Gasteiger partial charge in [0.1, 0.15) is 4.90 Å². The first-order chi connectivity index (χ1) is 9.79. The second-order valence-corrected chi connectivity index (χ2v) is 6.48. The summed E-state index contributed by atoms with van der Waals surface area (Å²) in [6.07, 6.45) is 0. The average molecular weight is 347 g/mol. The van der Waals surface area contributed by atoms with Gasteiger partial charge >= 0.3 is 0 Å². The minimum absolute atomic E-state index is 0.00247. The minimum atomic E-state index is -4.00. The highest BCUT2D eigenvalue weighted by atomic mass is 35.5. The predicted octanol–water partition coefficient (Wildman–Crippen LogP) is 3.70. The number of sulfonamides is 1. The molecule has 0 heterocycles. The Kier molecular flexibility index (Phi) is 4.36. The van der Waals surface area contributed by atoms with Crippen LogP contribution in [0.1, 0.15) is 0 Å². The van der Waals surface area contributed by atoms with Crippen molar-refractivity contribution in [2.24, 2.45) is 0 Å². The molecule has 0 atom stereocenters. The summed E-state index contributed by atoms with van der Waals surface area (Å²) in [5, 5.41) is 10.9. The smallest absolute Gasteiger partial charge is 0.271 e. The van der Waals surface area contributed by atoms with E-state index in [0.29, 0.717) is 0 Å². The molecule has 6 nitrogen and oxygen atoms in total. The molecule has 2 aromatic carbocycles. The summed E-state index contributed by atoms with van der Waals surface area (Å²) >= 11 is 11.6. The first-order valence-electron chi connectivity index (χ1n) is 5.52. The van der Waals surface area contributed by atoms with Gasteiger partial charge in [0.15, 0.2) is 0 Å². The maximum atomic E-state index is 12.2. The van der Waals surface area contributed by atoms with Gasteiger partial charge in [-0.15, -0.1) is 0 Å². The quantitative estimate of drug-likeness (QED) is 0.674. The highest BCUT2D eigenvalue weighted by Crippen LogP contribution is 2.27. The molecule has 0 saturated heterocycles. The van der Waals surface area contributed by atoms with Crippen LogP contribution < -0.4 is 4.72 Å². The van der Waals surface area contributed by atoms with Crippen LogP contribution in [0.25, 0.3) is 0 Å². The number of nitrogens with one attached hydrogen (secondary N) is 1. The van der Waals surface area contributed by atoms with Crippen LogP contribution in [0.4, 0.5) is 11.4 Å². The molecule has 110 valence electrons. The third-order valence-electron chi connectivity index (χ3n) is 2.49. The molecule has 0 spiro atoms. The molecule has 0 fully saturated rings. The van der Waals surface area contributed by atoms with Gasteiger partial charge in [-0.25, -0.2) is 8.42 Å². The molecule has 0 aromatic heterocycles. The van der Waals surface area contributed by atoms with Crippen LogP contribution in [-0.2, 0) is 10.0 Å². The third-order valence-corrected chi connectivity index (χ3v) is 4.59. The zero-order valence-electron chi connectivity index (χ0n) is 10.3. The fourth-order valence-corrected chi connectivity index (χ4v) is 3.39. The first kappa shape index (κ1) is 15.6. The second-order valence-electron chi connectivity index (χ2n) is 3.99. The lowest BCUT2D eigenvalue weighted by molar-refractivity contribution is -0.384. The number of nitro groups is 1. The van der Waals surface area contributed by atoms with Crippen molar-refractivity contribution in [3.8, 4) is 0 Å². The maximum Gasteiger partial charge on any atom is 0.271 e. The molecule has 0 unspecified atom stereocenters. The van der Waals surface area contributed by atoms with Crippen molar-refractivity contribution in [2.45, 2.75) is 4.90 Å².